The van der Waals surface area contributed by atoms with Gasteiger partial charge in [0.05, 0.1) is 10.6 Å². The van der Waals surface area contributed by atoms with E-state index in [9.17, 15) is 13.2 Å². The van der Waals surface area contributed by atoms with Crippen LogP contribution in [0.5, 0.6) is 0 Å². The molecule has 1 aliphatic rings. The zero-order valence-electron chi connectivity index (χ0n) is 16.6. The van der Waals surface area contributed by atoms with E-state index < -0.39 is 10.0 Å². The van der Waals surface area contributed by atoms with E-state index in [-0.39, 0.29) is 10.9 Å². The maximum atomic E-state index is 13.0. The maximum Gasteiger partial charge on any atom is 0.323 e. The van der Waals surface area contributed by atoms with Crippen LogP contribution in [0.1, 0.15) is 18.1 Å². The van der Waals surface area contributed by atoms with Crippen molar-refractivity contribution in [2.24, 2.45) is 0 Å². The van der Waals surface area contributed by atoms with Crippen molar-refractivity contribution >= 4 is 33.1 Å². The molecule has 4 rings (SSSR count). The SMILES string of the molecule is CCc1ccc(NC(=O)Nc2ccc3c(c2)CCN3S(=O)(=O)c2ccccc2)cc1. The van der Waals surface area contributed by atoms with Crippen LogP contribution in [0, 0.1) is 0 Å². The molecule has 7 heteroatoms. The van der Waals surface area contributed by atoms with Crippen LogP contribution in [0.25, 0.3) is 0 Å². The number of nitrogens with zero attached hydrogens (tertiary/aromatic N) is 1. The van der Waals surface area contributed by atoms with Gasteiger partial charge in [0.15, 0.2) is 0 Å². The molecule has 0 aromatic heterocycles. The molecular formula is C23H23N3O3S. The first-order chi connectivity index (χ1) is 14.5. The number of hydrogen-bond acceptors (Lipinski definition) is 3. The average molecular weight is 422 g/mol. The Labute approximate surface area is 176 Å². The summed E-state index contributed by atoms with van der Waals surface area (Å²) in [4.78, 5) is 12.6. The van der Waals surface area contributed by atoms with E-state index in [1.54, 1.807) is 42.5 Å². The normalized spacial score (nSPS) is 13.0. The summed E-state index contributed by atoms with van der Waals surface area (Å²) in [6.45, 7) is 2.46. The van der Waals surface area contributed by atoms with E-state index in [2.05, 4.69) is 17.6 Å². The molecule has 0 spiro atoms. The van der Waals surface area contributed by atoms with Crippen LogP contribution in [-0.2, 0) is 22.9 Å². The van der Waals surface area contributed by atoms with E-state index in [1.165, 1.54) is 9.87 Å². The first kappa shape index (κ1) is 20.0. The van der Waals surface area contributed by atoms with Gasteiger partial charge in [0.25, 0.3) is 10.0 Å². The highest BCUT2D eigenvalue weighted by molar-refractivity contribution is 7.92. The fourth-order valence-electron chi connectivity index (χ4n) is 3.54. The second-order valence-corrected chi connectivity index (χ2v) is 8.98. The molecule has 0 radical (unpaired) electrons. The zero-order valence-corrected chi connectivity index (χ0v) is 17.4. The molecule has 0 saturated carbocycles. The second-order valence-electron chi connectivity index (χ2n) is 7.11. The number of hydrogen-bond donors (Lipinski definition) is 2. The predicted octanol–water partition coefficient (Wildman–Crippen LogP) is 4.64. The number of carbonyl (C=O) groups is 1. The van der Waals surface area contributed by atoms with Gasteiger partial charge in [0.2, 0.25) is 0 Å². The van der Waals surface area contributed by atoms with Gasteiger partial charge in [-0.2, -0.15) is 0 Å². The van der Waals surface area contributed by atoms with E-state index in [0.717, 1.165) is 12.0 Å². The van der Waals surface area contributed by atoms with E-state index >= 15 is 0 Å². The number of nitrogens with one attached hydrogen (secondary N) is 2. The lowest BCUT2D eigenvalue weighted by atomic mass is 10.1. The molecule has 0 fully saturated rings. The van der Waals surface area contributed by atoms with Crippen LogP contribution in [0.15, 0.2) is 77.7 Å². The van der Waals surface area contributed by atoms with Gasteiger partial charge < -0.3 is 10.6 Å². The average Bonchev–Trinajstić information content (AvgIpc) is 3.19. The number of benzene rings is 3. The van der Waals surface area contributed by atoms with Crippen molar-refractivity contribution in [2.75, 3.05) is 21.5 Å². The molecular weight excluding hydrogens is 398 g/mol. The van der Waals surface area contributed by atoms with Crippen molar-refractivity contribution in [3.8, 4) is 0 Å². The molecule has 154 valence electrons. The molecule has 2 amide bonds. The van der Waals surface area contributed by atoms with Gasteiger partial charge in [-0.25, -0.2) is 13.2 Å². The lowest BCUT2D eigenvalue weighted by molar-refractivity contribution is 0.262. The maximum absolute atomic E-state index is 13.0. The molecule has 0 saturated heterocycles. The molecule has 1 aliphatic heterocycles. The number of anilines is 3. The Kier molecular flexibility index (Phi) is 5.46. The largest absolute Gasteiger partial charge is 0.323 e. The molecule has 0 aliphatic carbocycles. The fourth-order valence-corrected chi connectivity index (χ4v) is 5.06. The number of aryl methyl sites for hydroxylation is 1. The Bertz CT molecular complexity index is 1160. The molecule has 1 heterocycles. The van der Waals surface area contributed by atoms with Gasteiger partial charge >= 0.3 is 6.03 Å². The van der Waals surface area contributed by atoms with Gasteiger partial charge in [-0.1, -0.05) is 37.3 Å². The van der Waals surface area contributed by atoms with Crippen molar-refractivity contribution < 1.29 is 13.2 Å². The topological polar surface area (TPSA) is 78.5 Å². The van der Waals surface area contributed by atoms with Crippen LogP contribution in [-0.4, -0.2) is 21.0 Å². The Morgan fingerprint density at radius 1 is 0.933 bits per heavy atom. The highest BCUT2D eigenvalue weighted by Gasteiger charge is 2.30. The number of urea groups is 1. The zero-order chi connectivity index (χ0) is 21.1. The first-order valence-electron chi connectivity index (χ1n) is 9.85. The number of sulfonamides is 1. The van der Waals surface area contributed by atoms with Crippen molar-refractivity contribution in [1.82, 2.24) is 0 Å². The standard InChI is InChI=1S/C23H23N3O3S/c1-2-17-8-10-19(11-9-17)24-23(27)25-20-12-13-22-18(16-20)14-15-26(22)30(28,29)21-6-4-3-5-7-21/h3-13,16H,2,14-15H2,1H3,(H2,24,25,27). The summed E-state index contributed by atoms with van der Waals surface area (Å²) in [5, 5.41) is 5.62. The lowest BCUT2D eigenvalue weighted by Gasteiger charge is -2.19. The van der Waals surface area contributed by atoms with Gasteiger partial charge in [-0.05, 0) is 66.4 Å². The number of fused-ring (bicyclic) bond motifs is 1. The highest BCUT2D eigenvalue weighted by atomic mass is 32.2. The third-order valence-electron chi connectivity index (χ3n) is 5.14. The van der Waals surface area contributed by atoms with Gasteiger partial charge in [-0.3, -0.25) is 4.31 Å². The summed E-state index contributed by atoms with van der Waals surface area (Å²) >= 11 is 0. The second kappa shape index (κ2) is 8.20. The number of rotatable bonds is 5. The van der Waals surface area contributed by atoms with Crippen molar-refractivity contribution in [2.45, 2.75) is 24.7 Å². The third kappa shape index (κ3) is 4.02. The van der Waals surface area contributed by atoms with E-state index in [0.29, 0.717) is 30.0 Å². The summed E-state index contributed by atoms with van der Waals surface area (Å²) in [6.07, 6.45) is 1.54. The smallest absolute Gasteiger partial charge is 0.308 e. The molecule has 6 nitrogen and oxygen atoms in total. The number of amides is 2. The fraction of sp³-hybridized carbons (Fsp3) is 0.174. The Morgan fingerprint density at radius 2 is 1.60 bits per heavy atom. The summed E-state index contributed by atoms with van der Waals surface area (Å²) in [5.41, 5.74) is 4.08. The molecule has 0 unspecified atom stereocenters. The summed E-state index contributed by atoms with van der Waals surface area (Å²) in [6, 6.07) is 21.1. The minimum absolute atomic E-state index is 0.272. The van der Waals surface area contributed by atoms with Crippen LogP contribution in [0.3, 0.4) is 0 Å². The first-order valence-corrected chi connectivity index (χ1v) is 11.3. The molecule has 3 aromatic carbocycles. The molecule has 0 atom stereocenters. The number of carbonyl (C=O) groups excluding carboxylic acids is 1. The Hall–Kier alpha value is -3.32. The van der Waals surface area contributed by atoms with Crippen molar-refractivity contribution in [1.29, 1.82) is 0 Å². The quantitative estimate of drug-likeness (QED) is 0.630. The molecule has 3 aromatic rings. The van der Waals surface area contributed by atoms with Crippen LogP contribution < -0.4 is 14.9 Å². The van der Waals surface area contributed by atoms with Crippen molar-refractivity contribution in [3.05, 3.63) is 83.9 Å². The summed E-state index contributed by atoms with van der Waals surface area (Å²) in [5.74, 6) is 0. The Morgan fingerprint density at radius 3 is 2.30 bits per heavy atom. The van der Waals surface area contributed by atoms with Crippen LogP contribution >= 0.6 is 0 Å². The van der Waals surface area contributed by atoms with Crippen LogP contribution in [0.2, 0.25) is 0 Å². The summed E-state index contributed by atoms with van der Waals surface area (Å²) < 4.78 is 27.3. The Balaban J connectivity index is 1.47. The third-order valence-corrected chi connectivity index (χ3v) is 6.97. The molecule has 30 heavy (non-hydrogen) atoms. The molecule has 2 N–H and O–H groups in total. The predicted molar refractivity (Wildman–Crippen MR) is 120 cm³/mol. The van der Waals surface area contributed by atoms with Crippen molar-refractivity contribution in [3.63, 3.8) is 0 Å². The molecule has 0 bridgehead atoms. The van der Waals surface area contributed by atoms with Gasteiger partial charge in [-0.15, -0.1) is 0 Å². The highest BCUT2D eigenvalue weighted by Crippen LogP contribution is 2.34. The summed E-state index contributed by atoms with van der Waals surface area (Å²) in [7, 11) is -3.60. The lowest BCUT2D eigenvalue weighted by Crippen LogP contribution is -2.29. The van der Waals surface area contributed by atoms with E-state index in [1.807, 2.05) is 30.3 Å². The van der Waals surface area contributed by atoms with Gasteiger partial charge in [0, 0.05) is 17.9 Å². The van der Waals surface area contributed by atoms with E-state index in [4.69, 9.17) is 0 Å². The minimum Gasteiger partial charge on any atom is -0.308 e. The monoisotopic (exact) mass is 421 g/mol. The van der Waals surface area contributed by atoms with Gasteiger partial charge in [0.1, 0.15) is 0 Å². The minimum atomic E-state index is -3.60. The van der Waals surface area contributed by atoms with Crippen LogP contribution in [0.4, 0.5) is 21.9 Å².